The molecule has 6 rings (SSSR count). The number of benzene rings is 1. The first-order valence-corrected chi connectivity index (χ1v) is 12.8. The van der Waals surface area contributed by atoms with Crippen molar-refractivity contribution in [3.8, 4) is 0 Å². The third-order valence-electron chi connectivity index (χ3n) is 7.42. The van der Waals surface area contributed by atoms with E-state index in [1.807, 2.05) is 24.8 Å². The Balaban J connectivity index is 1.58. The summed E-state index contributed by atoms with van der Waals surface area (Å²) in [6.45, 7) is 5.48. The van der Waals surface area contributed by atoms with Gasteiger partial charge in [-0.3, -0.25) is 20.2 Å². The van der Waals surface area contributed by atoms with E-state index in [9.17, 15) is 14.4 Å². The van der Waals surface area contributed by atoms with Gasteiger partial charge in [0.1, 0.15) is 17.7 Å². The number of imide groups is 2. The molecule has 0 unspecified atom stereocenters. The Kier molecular flexibility index (Phi) is 5.15. The van der Waals surface area contributed by atoms with Crippen molar-refractivity contribution in [2.45, 2.75) is 38.5 Å². The van der Waals surface area contributed by atoms with E-state index in [-0.39, 0.29) is 24.6 Å². The van der Waals surface area contributed by atoms with Gasteiger partial charge in [0, 0.05) is 42.9 Å². The molecule has 0 bridgehead atoms. The summed E-state index contributed by atoms with van der Waals surface area (Å²) in [5.74, 6) is 0.638. The first-order chi connectivity index (χ1) is 16.8. The van der Waals surface area contributed by atoms with Gasteiger partial charge in [0.05, 0.1) is 23.9 Å². The second-order valence-corrected chi connectivity index (χ2v) is 10.8. The van der Waals surface area contributed by atoms with E-state index in [2.05, 4.69) is 25.5 Å². The average Bonchev–Trinajstić information content (AvgIpc) is 2.82. The van der Waals surface area contributed by atoms with Crippen molar-refractivity contribution in [1.29, 1.82) is 0 Å². The topological polar surface area (TPSA) is 117 Å². The third-order valence-corrected chi connectivity index (χ3v) is 8.36. The predicted molar refractivity (Wildman–Crippen MR) is 128 cm³/mol. The molecule has 4 aliphatic heterocycles. The summed E-state index contributed by atoms with van der Waals surface area (Å²) in [7, 11) is 0. The Bertz CT molecular complexity index is 1250. The smallest absolute Gasteiger partial charge is 0.328 e. The Hall–Kier alpha value is -2.99. The van der Waals surface area contributed by atoms with Crippen molar-refractivity contribution >= 4 is 52.0 Å². The lowest BCUT2D eigenvalue weighted by atomic mass is 9.66. The number of anilines is 2. The molecule has 0 aliphatic carbocycles. The molecule has 4 aliphatic rings. The number of carbonyl (C=O) groups excluding carboxylic acids is 3. The summed E-state index contributed by atoms with van der Waals surface area (Å²) in [6.07, 6.45) is 0.476. The summed E-state index contributed by atoms with van der Waals surface area (Å²) in [5.41, 5.74) is -0.611. The Morgan fingerprint density at radius 2 is 1.86 bits per heavy atom. The lowest BCUT2D eigenvalue weighted by Crippen LogP contribution is -2.75. The van der Waals surface area contributed by atoms with Gasteiger partial charge in [-0.25, -0.2) is 19.2 Å². The maximum atomic E-state index is 16.3. The molecule has 0 radical (unpaired) electrons. The van der Waals surface area contributed by atoms with Gasteiger partial charge in [-0.15, -0.1) is 0 Å². The van der Waals surface area contributed by atoms with Crippen LogP contribution < -0.4 is 20.4 Å². The van der Waals surface area contributed by atoms with Crippen LogP contribution in [0.1, 0.15) is 19.4 Å². The Labute approximate surface area is 205 Å². The van der Waals surface area contributed by atoms with Crippen LogP contribution in [0.4, 0.5) is 20.7 Å². The molecule has 35 heavy (non-hydrogen) atoms. The highest BCUT2D eigenvalue weighted by molar-refractivity contribution is 7.99. The van der Waals surface area contributed by atoms with Crippen molar-refractivity contribution in [3.05, 3.63) is 23.8 Å². The highest BCUT2D eigenvalue weighted by Crippen LogP contribution is 2.49. The number of morpholine rings is 1. The molecule has 184 valence electrons. The van der Waals surface area contributed by atoms with E-state index in [0.717, 1.165) is 24.6 Å². The molecular weight excluding hydrogens is 475 g/mol. The maximum Gasteiger partial charge on any atom is 0.328 e. The van der Waals surface area contributed by atoms with Crippen LogP contribution in [0.3, 0.4) is 0 Å². The van der Waals surface area contributed by atoms with Crippen LogP contribution in [0.5, 0.6) is 0 Å². The molecular formula is C23H25FN6O4S. The number of urea groups is 1. The molecule has 3 atom stereocenters. The lowest BCUT2D eigenvalue weighted by Gasteiger charge is -2.55. The number of ether oxygens (including phenoxy) is 1. The Morgan fingerprint density at radius 3 is 2.57 bits per heavy atom. The van der Waals surface area contributed by atoms with Crippen molar-refractivity contribution in [3.63, 3.8) is 0 Å². The lowest BCUT2D eigenvalue weighted by molar-refractivity contribution is -0.153. The molecule has 12 heteroatoms. The number of hydrogen-bond donors (Lipinski definition) is 2. The molecule has 3 fully saturated rings. The monoisotopic (exact) mass is 500 g/mol. The largest absolute Gasteiger partial charge is 0.372 e. The van der Waals surface area contributed by atoms with E-state index >= 15 is 4.39 Å². The number of hydrogen-bond acceptors (Lipinski definition) is 9. The molecule has 10 nitrogen and oxygen atoms in total. The zero-order valence-electron chi connectivity index (χ0n) is 19.3. The van der Waals surface area contributed by atoms with E-state index < -0.39 is 41.2 Å². The molecule has 2 N–H and O–H groups in total. The number of halogens is 1. The molecule has 3 saturated heterocycles. The quantitative estimate of drug-likeness (QED) is 0.558. The van der Waals surface area contributed by atoms with Gasteiger partial charge in [0.2, 0.25) is 11.8 Å². The van der Waals surface area contributed by atoms with Gasteiger partial charge in [0.15, 0.2) is 11.2 Å². The van der Waals surface area contributed by atoms with Crippen LogP contribution in [0, 0.1) is 11.2 Å². The van der Waals surface area contributed by atoms with E-state index in [1.54, 1.807) is 11.8 Å². The van der Waals surface area contributed by atoms with Gasteiger partial charge >= 0.3 is 6.03 Å². The maximum absolute atomic E-state index is 16.3. The van der Waals surface area contributed by atoms with E-state index in [1.165, 1.54) is 6.33 Å². The summed E-state index contributed by atoms with van der Waals surface area (Å²) in [6, 6.07) is 0.153. The molecule has 1 aromatic heterocycles. The summed E-state index contributed by atoms with van der Waals surface area (Å²) in [5, 5.41) is 5.07. The minimum absolute atomic E-state index is 0.0758. The highest BCUT2D eigenvalue weighted by atomic mass is 32.2. The number of nitrogens with one attached hydrogen (secondary N) is 2. The van der Waals surface area contributed by atoms with Crippen LogP contribution in [-0.4, -0.2) is 77.2 Å². The second kappa shape index (κ2) is 8.02. The highest BCUT2D eigenvalue weighted by Gasteiger charge is 2.63. The van der Waals surface area contributed by atoms with Gasteiger partial charge in [-0.05, 0) is 25.5 Å². The molecule has 1 spiro atoms. The zero-order valence-corrected chi connectivity index (χ0v) is 20.2. The summed E-state index contributed by atoms with van der Waals surface area (Å²) < 4.78 is 22.3. The fraction of sp³-hybridized carbons (Fsp3) is 0.522. The number of carbonyl (C=O) groups is 3. The van der Waals surface area contributed by atoms with Crippen molar-refractivity contribution in [2.24, 2.45) is 5.41 Å². The van der Waals surface area contributed by atoms with Crippen LogP contribution in [0.2, 0.25) is 0 Å². The van der Waals surface area contributed by atoms with Crippen LogP contribution in [0.25, 0.3) is 10.9 Å². The number of rotatable bonds is 1. The van der Waals surface area contributed by atoms with Gasteiger partial charge in [-0.2, -0.15) is 11.8 Å². The zero-order chi connectivity index (χ0) is 24.5. The minimum Gasteiger partial charge on any atom is -0.372 e. The van der Waals surface area contributed by atoms with E-state index in [0.29, 0.717) is 22.5 Å². The molecule has 2 aromatic rings. The molecule has 1 aromatic carbocycles. The number of barbiturate groups is 1. The number of fused-ring (bicyclic) bond motifs is 5. The van der Waals surface area contributed by atoms with Crippen molar-refractivity contribution in [1.82, 2.24) is 20.6 Å². The van der Waals surface area contributed by atoms with Crippen molar-refractivity contribution in [2.75, 3.05) is 40.9 Å². The summed E-state index contributed by atoms with van der Waals surface area (Å²) in [4.78, 5) is 51.2. The molecule has 4 amide bonds. The standard InChI is InChI=1S/C23H25FN6O4S/c1-11-9-30-17-13(8-23(18(30)12(2)34-11)20(31)27-22(33)28-21(23)32)7-14-16(15(17)24)25-10-26-19(14)29-3-5-35-6-4-29/h7,10-12,18H,3-6,8-9H2,1-2H3,(H2,27,28,31,32,33)/t11-,12+,18-/m1/s1. The average molecular weight is 501 g/mol. The first kappa shape index (κ1) is 22.5. The van der Waals surface area contributed by atoms with Crippen LogP contribution in [0.15, 0.2) is 12.4 Å². The number of thioether (sulfide) groups is 1. The molecule has 0 saturated carbocycles. The van der Waals surface area contributed by atoms with Crippen LogP contribution >= 0.6 is 11.8 Å². The first-order valence-electron chi connectivity index (χ1n) is 11.7. The van der Waals surface area contributed by atoms with Gasteiger partial charge in [-0.1, -0.05) is 0 Å². The minimum atomic E-state index is -1.65. The van der Waals surface area contributed by atoms with Gasteiger partial charge < -0.3 is 14.5 Å². The number of nitrogens with zero attached hydrogens (tertiary/aromatic N) is 4. The normalized spacial score (nSPS) is 28.0. The van der Waals surface area contributed by atoms with Crippen LogP contribution in [-0.2, 0) is 20.7 Å². The van der Waals surface area contributed by atoms with Gasteiger partial charge in [0.25, 0.3) is 0 Å². The van der Waals surface area contributed by atoms with Crippen molar-refractivity contribution < 1.29 is 23.5 Å². The third kappa shape index (κ3) is 3.22. The Morgan fingerprint density at radius 1 is 1.14 bits per heavy atom. The van der Waals surface area contributed by atoms with E-state index in [4.69, 9.17) is 4.74 Å². The fourth-order valence-corrected chi connectivity index (χ4v) is 6.99. The SMILES string of the molecule is C[C@@H]1CN2c3c(cc4c(N5CCSCC5)ncnc4c3F)CC3(C(=O)NC(=O)NC3=O)[C@H]2[C@H](C)O1. The summed E-state index contributed by atoms with van der Waals surface area (Å²) >= 11 is 1.86. The molecule has 5 heterocycles. The number of amides is 4. The predicted octanol–water partition coefficient (Wildman–Crippen LogP) is 1.21. The second-order valence-electron chi connectivity index (χ2n) is 9.53. The number of aromatic nitrogens is 2. The fourth-order valence-electron chi connectivity index (χ4n) is 6.08.